The highest BCUT2D eigenvalue weighted by Crippen LogP contribution is 2.14. The van der Waals surface area contributed by atoms with Gasteiger partial charge in [0.1, 0.15) is 5.76 Å². The molecule has 0 aliphatic rings. The Hall–Kier alpha value is -1.25. The molecule has 0 aromatic carbocycles. The summed E-state index contributed by atoms with van der Waals surface area (Å²) in [6.45, 7) is 4.75. The predicted molar refractivity (Wildman–Crippen MR) is 68.5 cm³/mol. The summed E-state index contributed by atoms with van der Waals surface area (Å²) in [6.07, 6.45) is 7.08. The van der Waals surface area contributed by atoms with Crippen LogP contribution in [0.25, 0.3) is 0 Å². The van der Waals surface area contributed by atoms with E-state index in [2.05, 4.69) is 19.2 Å². The van der Waals surface area contributed by atoms with Crippen LogP contribution in [-0.2, 0) is 11.3 Å². The summed E-state index contributed by atoms with van der Waals surface area (Å²) in [5, 5.41) is 2.93. The van der Waals surface area contributed by atoms with Gasteiger partial charge in [0.25, 0.3) is 0 Å². The molecule has 1 aromatic heterocycles. The molecule has 1 rings (SSSR count). The zero-order chi connectivity index (χ0) is 12.5. The molecule has 0 spiro atoms. The summed E-state index contributed by atoms with van der Waals surface area (Å²) in [5.41, 5.74) is 0. The molecule has 0 aliphatic carbocycles. The number of carbonyl (C=O) groups excluding carboxylic acids is 1. The number of furan rings is 1. The third-order valence-electron chi connectivity index (χ3n) is 3.04. The first kappa shape index (κ1) is 13.8. The number of rotatable bonds is 8. The zero-order valence-electron chi connectivity index (χ0n) is 10.9. The number of hydrogen-bond donors (Lipinski definition) is 1. The normalized spacial score (nSPS) is 12.4. The first-order valence-electron chi connectivity index (χ1n) is 6.58. The van der Waals surface area contributed by atoms with Crippen LogP contribution in [0, 0.1) is 5.92 Å². The van der Waals surface area contributed by atoms with Gasteiger partial charge in [-0.1, -0.05) is 33.1 Å². The van der Waals surface area contributed by atoms with Crippen molar-refractivity contribution in [3.05, 3.63) is 24.2 Å². The van der Waals surface area contributed by atoms with E-state index in [-0.39, 0.29) is 11.8 Å². The third-order valence-corrected chi connectivity index (χ3v) is 3.04. The molecule has 3 nitrogen and oxygen atoms in total. The van der Waals surface area contributed by atoms with Crippen molar-refractivity contribution in [2.45, 2.75) is 52.5 Å². The van der Waals surface area contributed by atoms with Crippen LogP contribution >= 0.6 is 0 Å². The lowest BCUT2D eigenvalue weighted by atomic mass is 9.98. The molecule has 1 atom stereocenters. The fourth-order valence-corrected chi connectivity index (χ4v) is 1.89. The van der Waals surface area contributed by atoms with Crippen molar-refractivity contribution in [3.8, 4) is 0 Å². The van der Waals surface area contributed by atoms with Gasteiger partial charge in [-0.3, -0.25) is 4.79 Å². The number of amides is 1. The minimum Gasteiger partial charge on any atom is -0.467 e. The number of nitrogens with one attached hydrogen (secondary N) is 1. The highest BCUT2D eigenvalue weighted by Gasteiger charge is 2.15. The first-order chi connectivity index (χ1) is 8.27. The maximum absolute atomic E-state index is 11.9. The molecule has 1 heterocycles. The van der Waals surface area contributed by atoms with E-state index >= 15 is 0 Å². The monoisotopic (exact) mass is 237 g/mol. The molecule has 0 saturated carbocycles. The van der Waals surface area contributed by atoms with Crippen molar-refractivity contribution in [1.82, 2.24) is 5.32 Å². The summed E-state index contributed by atoms with van der Waals surface area (Å²) >= 11 is 0. The summed E-state index contributed by atoms with van der Waals surface area (Å²) < 4.78 is 5.18. The average Bonchev–Trinajstić information content (AvgIpc) is 2.85. The summed E-state index contributed by atoms with van der Waals surface area (Å²) in [7, 11) is 0. The summed E-state index contributed by atoms with van der Waals surface area (Å²) in [5.74, 6) is 1.11. The molecule has 17 heavy (non-hydrogen) atoms. The van der Waals surface area contributed by atoms with E-state index < -0.39 is 0 Å². The quantitative estimate of drug-likeness (QED) is 0.703. The lowest BCUT2D eigenvalue weighted by Crippen LogP contribution is -2.29. The van der Waals surface area contributed by atoms with Gasteiger partial charge in [0.15, 0.2) is 0 Å². The number of hydrogen-bond acceptors (Lipinski definition) is 2. The molecule has 0 aliphatic heterocycles. The molecule has 1 unspecified atom stereocenters. The molecule has 0 radical (unpaired) electrons. The van der Waals surface area contributed by atoms with E-state index in [1.807, 2.05) is 12.1 Å². The van der Waals surface area contributed by atoms with E-state index in [1.54, 1.807) is 6.26 Å². The molecule has 0 bridgehead atoms. The Morgan fingerprint density at radius 2 is 2.24 bits per heavy atom. The lowest BCUT2D eigenvalue weighted by molar-refractivity contribution is -0.125. The van der Waals surface area contributed by atoms with Crippen molar-refractivity contribution >= 4 is 5.91 Å². The number of unbranched alkanes of at least 4 members (excludes halogenated alkanes) is 2. The Morgan fingerprint density at radius 3 is 2.82 bits per heavy atom. The molecule has 3 heteroatoms. The molecule has 0 fully saturated rings. The van der Waals surface area contributed by atoms with Gasteiger partial charge in [-0.25, -0.2) is 0 Å². The smallest absolute Gasteiger partial charge is 0.223 e. The van der Waals surface area contributed by atoms with Gasteiger partial charge in [0.05, 0.1) is 12.8 Å². The van der Waals surface area contributed by atoms with Gasteiger partial charge in [-0.2, -0.15) is 0 Å². The second-order valence-electron chi connectivity index (χ2n) is 4.40. The largest absolute Gasteiger partial charge is 0.467 e. The molecule has 1 aromatic rings. The maximum atomic E-state index is 11.9. The molecule has 0 saturated heterocycles. The Kier molecular flexibility index (Phi) is 6.45. The van der Waals surface area contributed by atoms with Gasteiger partial charge < -0.3 is 9.73 Å². The van der Waals surface area contributed by atoms with E-state index in [0.717, 1.165) is 25.0 Å². The molecular weight excluding hydrogens is 214 g/mol. The SMILES string of the molecule is CCCCCC(CC)C(=O)NCc1ccco1. The van der Waals surface area contributed by atoms with Gasteiger partial charge in [0, 0.05) is 5.92 Å². The summed E-state index contributed by atoms with van der Waals surface area (Å²) in [6, 6.07) is 3.71. The van der Waals surface area contributed by atoms with Crippen LogP contribution in [0.1, 0.15) is 51.7 Å². The van der Waals surface area contributed by atoms with Crippen LogP contribution in [-0.4, -0.2) is 5.91 Å². The third kappa shape index (κ3) is 5.07. The van der Waals surface area contributed by atoms with Gasteiger partial charge in [-0.15, -0.1) is 0 Å². The Bertz CT molecular complexity index is 306. The van der Waals surface area contributed by atoms with Crippen LogP contribution in [0.15, 0.2) is 22.8 Å². The van der Waals surface area contributed by atoms with Gasteiger partial charge in [0.2, 0.25) is 5.91 Å². The van der Waals surface area contributed by atoms with Crippen LogP contribution < -0.4 is 5.32 Å². The van der Waals surface area contributed by atoms with Crippen molar-refractivity contribution in [3.63, 3.8) is 0 Å². The fourth-order valence-electron chi connectivity index (χ4n) is 1.89. The van der Waals surface area contributed by atoms with Gasteiger partial charge >= 0.3 is 0 Å². The minimum atomic E-state index is 0.150. The van der Waals surface area contributed by atoms with Crippen LogP contribution in [0.4, 0.5) is 0 Å². The van der Waals surface area contributed by atoms with Crippen LogP contribution in [0.3, 0.4) is 0 Å². The highest BCUT2D eigenvalue weighted by molar-refractivity contribution is 5.78. The van der Waals surface area contributed by atoms with Crippen LogP contribution in [0.2, 0.25) is 0 Å². The standard InChI is InChI=1S/C14H23NO2/c1-3-5-6-8-12(4-2)14(16)15-11-13-9-7-10-17-13/h7,9-10,12H,3-6,8,11H2,1-2H3,(H,15,16). The minimum absolute atomic E-state index is 0.150. The second-order valence-corrected chi connectivity index (χ2v) is 4.40. The maximum Gasteiger partial charge on any atom is 0.223 e. The zero-order valence-corrected chi connectivity index (χ0v) is 10.9. The fraction of sp³-hybridized carbons (Fsp3) is 0.643. The average molecular weight is 237 g/mol. The number of carbonyl (C=O) groups is 1. The van der Waals surface area contributed by atoms with E-state index in [4.69, 9.17) is 4.42 Å². The molecule has 96 valence electrons. The van der Waals surface area contributed by atoms with E-state index in [0.29, 0.717) is 6.54 Å². The van der Waals surface area contributed by atoms with Crippen molar-refractivity contribution in [1.29, 1.82) is 0 Å². The molecule has 1 N–H and O–H groups in total. The van der Waals surface area contributed by atoms with E-state index in [9.17, 15) is 4.79 Å². The Labute approximate surface area is 104 Å². The van der Waals surface area contributed by atoms with Crippen LogP contribution in [0.5, 0.6) is 0 Å². The molecular formula is C14H23NO2. The van der Waals surface area contributed by atoms with Crippen molar-refractivity contribution in [2.75, 3.05) is 0 Å². The second kappa shape index (κ2) is 7.93. The first-order valence-corrected chi connectivity index (χ1v) is 6.58. The molecule has 1 amide bonds. The Balaban J connectivity index is 2.28. The topological polar surface area (TPSA) is 42.2 Å². The summed E-state index contributed by atoms with van der Waals surface area (Å²) in [4.78, 5) is 11.9. The lowest BCUT2D eigenvalue weighted by Gasteiger charge is -2.14. The van der Waals surface area contributed by atoms with Crippen molar-refractivity contribution < 1.29 is 9.21 Å². The van der Waals surface area contributed by atoms with E-state index in [1.165, 1.54) is 12.8 Å². The van der Waals surface area contributed by atoms with Gasteiger partial charge in [-0.05, 0) is 25.0 Å². The van der Waals surface area contributed by atoms with Crippen molar-refractivity contribution in [2.24, 2.45) is 5.92 Å². The Morgan fingerprint density at radius 1 is 1.41 bits per heavy atom. The predicted octanol–water partition coefficient (Wildman–Crippen LogP) is 3.50. The highest BCUT2D eigenvalue weighted by atomic mass is 16.3.